The van der Waals surface area contributed by atoms with E-state index in [4.69, 9.17) is 14.0 Å². The minimum atomic E-state index is -1.26. The van der Waals surface area contributed by atoms with Crippen LogP contribution in [0.5, 0.6) is 0 Å². The third-order valence-corrected chi connectivity index (χ3v) is 3.39. The minimum Gasteiger partial charge on any atom is -0.419 e. The summed E-state index contributed by atoms with van der Waals surface area (Å²) < 4.78 is 15.3. The van der Waals surface area contributed by atoms with Gasteiger partial charge in [0.2, 0.25) is 0 Å². The van der Waals surface area contributed by atoms with Crippen molar-refractivity contribution in [1.82, 2.24) is 10.1 Å². The maximum Gasteiger partial charge on any atom is 0.350 e. The number of cyclic esters (lactones) is 2. The molecule has 2 heterocycles. The van der Waals surface area contributed by atoms with Gasteiger partial charge in [0.15, 0.2) is 11.4 Å². The molecule has 0 saturated carbocycles. The fourth-order valence-corrected chi connectivity index (χ4v) is 2.19. The number of hydrogen-bond donors (Lipinski definition) is 1. The van der Waals surface area contributed by atoms with E-state index in [2.05, 4.69) is 15.5 Å². The van der Waals surface area contributed by atoms with Gasteiger partial charge in [-0.1, -0.05) is 18.1 Å². The minimum absolute atomic E-state index is 0.212. The molecule has 0 spiro atoms. The topological polar surface area (TPSA) is 104 Å². The Bertz CT molecular complexity index is 831. The monoisotopic (exact) mass is 343 g/mol. The second kappa shape index (κ2) is 6.39. The van der Waals surface area contributed by atoms with E-state index in [0.717, 1.165) is 0 Å². The lowest BCUT2D eigenvalue weighted by molar-refractivity contribution is -0.222. The zero-order chi connectivity index (χ0) is 18.0. The highest BCUT2D eigenvalue weighted by molar-refractivity contribution is 6.15. The Morgan fingerprint density at radius 2 is 1.92 bits per heavy atom. The van der Waals surface area contributed by atoms with E-state index in [9.17, 15) is 9.59 Å². The molecule has 0 radical (unpaired) electrons. The molecule has 1 aliphatic heterocycles. The third-order valence-electron chi connectivity index (χ3n) is 3.39. The first-order valence-corrected chi connectivity index (χ1v) is 7.74. The predicted molar refractivity (Wildman–Crippen MR) is 87.1 cm³/mol. The number of esters is 2. The lowest BCUT2D eigenvalue weighted by atomic mass is 10.2. The van der Waals surface area contributed by atoms with Crippen molar-refractivity contribution in [2.24, 2.45) is 0 Å². The number of carbonyl (C=O) groups is 2. The molecular weight excluding hydrogens is 326 g/mol. The Kier molecular flexibility index (Phi) is 4.26. The van der Waals surface area contributed by atoms with Crippen molar-refractivity contribution in [2.45, 2.75) is 33.0 Å². The second-order valence-electron chi connectivity index (χ2n) is 5.83. The van der Waals surface area contributed by atoms with Gasteiger partial charge < -0.3 is 19.3 Å². The SMILES string of the molecule is CCc1noc(-c2cccc(NC=C3C(=O)OC(C)(C)OC3=O)c2)n1. The summed E-state index contributed by atoms with van der Waals surface area (Å²) in [5.74, 6) is -1.73. The van der Waals surface area contributed by atoms with Gasteiger partial charge in [0, 0.05) is 37.7 Å². The van der Waals surface area contributed by atoms with Gasteiger partial charge in [-0.15, -0.1) is 0 Å². The summed E-state index contributed by atoms with van der Waals surface area (Å²) in [5.41, 5.74) is 1.13. The summed E-state index contributed by atoms with van der Waals surface area (Å²) in [6.45, 7) is 4.92. The van der Waals surface area contributed by atoms with E-state index >= 15 is 0 Å². The average molecular weight is 343 g/mol. The Hall–Kier alpha value is -3.16. The lowest BCUT2D eigenvalue weighted by Crippen LogP contribution is -2.42. The lowest BCUT2D eigenvalue weighted by Gasteiger charge is -2.29. The Morgan fingerprint density at radius 1 is 1.20 bits per heavy atom. The number of ether oxygens (including phenoxy) is 2. The quantitative estimate of drug-likeness (QED) is 0.513. The zero-order valence-corrected chi connectivity index (χ0v) is 14.0. The van der Waals surface area contributed by atoms with Crippen molar-refractivity contribution >= 4 is 17.6 Å². The molecule has 1 saturated heterocycles. The predicted octanol–water partition coefficient (Wildman–Crippen LogP) is 2.43. The van der Waals surface area contributed by atoms with Crippen molar-refractivity contribution in [1.29, 1.82) is 0 Å². The van der Waals surface area contributed by atoms with E-state index in [1.807, 2.05) is 13.0 Å². The first-order valence-electron chi connectivity index (χ1n) is 7.74. The molecule has 1 aliphatic rings. The van der Waals surface area contributed by atoms with Crippen molar-refractivity contribution in [3.63, 3.8) is 0 Å². The highest BCUT2D eigenvalue weighted by Crippen LogP contribution is 2.24. The van der Waals surface area contributed by atoms with Gasteiger partial charge in [0.05, 0.1) is 0 Å². The molecule has 0 aliphatic carbocycles. The number of nitrogens with one attached hydrogen (secondary N) is 1. The molecule has 2 aromatic rings. The van der Waals surface area contributed by atoms with Crippen LogP contribution in [0.3, 0.4) is 0 Å². The summed E-state index contributed by atoms with van der Waals surface area (Å²) >= 11 is 0. The highest BCUT2D eigenvalue weighted by atomic mass is 16.7. The summed E-state index contributed by atoms with van der Waals surface area (Å²) in [4.78, 5) is 28.1. The zero-order valence-electron chi connectivity index (χ0n) is 14.0. The number of rotatable bonds is 4. The standard InChI is InChI=1S/C17H17N3O5/c1-4-13-19-14(25-20-13)10-6-5-7-11(8-10)18-9-12-15(21)23-17(2,3)24-16(12)22/h5-9,18H,4H2,1-3H3. The van der Waals surface area contributed by atoms with Gasteiger partial charge in [0.1, 0.15) is 0 Å². The summed E-state index contributed by atoms with van der Waals surface area (Å²) in [6, 6.07) is 7.12. The molecule has 0 unspecified atom stereocenters. The van der Waals surface area contributed by atoms with Crippen LogP contribution in [0.25, 0.3) is 11.5 Å². The number of nitrogens with zero attached hydrogens (tertiary/aromatic N) is 2. The van der Waals surface area contributed by atoms with Crippen LogP contribution in [0.15, 0.2) is 40.6 Å². The molecule has 1 aromatic heterocycles. The van der Waals surface area contributed by atoms with E-state index in [1.54, 1.807) is 18.2 Å². The van der Waals surface area contributed by atoms with Gasteiger partial charge >= 0.3 is 11.9 Å². The number of aromatic nitrogens is 2. The average Bonchev–Trinajstić information content (AvgIpc) is 3.02. The van der Waals surface area contributed by atoms with E-state index in [1.165, 1.54) is 20.0 Å². The number of aryl methyl sites for hydroxylation is 1. The molecule has 3 rings (SSSR count). The molecule has 0 bridgehead atoms. The second-order valence-corrected chi connectivity index (χ2v) is 5.83. The molecule has 0 atom stereocenters. The molecule has 1 aromatic carbocycles. The molecule has 8 nitrogen and oxygen atoms in total. The van der Waals surface area contributed by atoms with E-state index in [0.29, 0.717) is 29.4 Å². The van der Waals surface area contributed by atoms with Gasteiger partial charge in [-0.3, -0.25) is 0 Å². The Morgan fingerprint density at radius 3 is 2.56 bits per heavy atom. The molecule has 1 fully saturated rings. The van der Waals surface area contributed by atoms with Crippen LogP contribution in [0, 0.1) is 0 Å². The van der Waals surface area contributed by atoms with Crippen LogP contribution >= 0.6 is 0 Å². The first-order chi connectivity index (χ1) is 11.9. The van der Waals surface area contributed by atoms with Crippen molar-refractivity contribution in [2.75, 3.05) is 5.32 Å². The number of hydrogen-bond acceptors (Lipinski definition) is 8. The molecule has 25 heavy (non-hydrogen) atoms. The van der Waals surface area contributed by atoms with Crippen LogP contribution < -0.4 is 5.32 Å². The Balaban J connectivity index is 1.78. The summed E-state index contributed by atoms with van der Waals surface area (Å²) in [7, 11) is 0. The van der Waals surface area contributed by atoms with E-state index < -0.39 is 17.7 Å². The van der Waals surface area contributed by atoms with Crippen LogP contribution in [0.4, 0.5) is 5.69 Å². The summed E-state index contributed by atoms with van der Waals surface area (Å²) in [6.07, 6.45) is 1.93. The third kappa shape index (κ3) is 3.68. The van der Waals surface area contributed by atoms with Gasteiger partial charge in [-0.05, 0) is 18.2 Å². The van der Waals surface area contributed by atoms with Crippen molar-refractivity contribution in [3.05, 3.63) is 41.9 Å². The van der Waals surface area contributed by atoms with Crippen molar-refractivity contribution < 1.29 is 23.6 Å². The number of carbonyl (C=O) groups excluding carboxylic acids is 2. The molecule has 130 valence electrons. The highest BCUT2D eigenvalue weighted by Gasteiger charge is 2.38. The first kappa shape index (κ1) is 16.7. The van der Waals surface area contributed by atoms with Crippen LogP contribution in [0.1, 0.15) is 26.6 Å². The fraction of sp³-hybridized carbons (Fsp3) is 0.294. The fourth-order valence-electron chi connectivity index (χ4n) is 2.19. The van der Waals surface area contributed by atoms with Gasteiger partial charge in [0.25, 0.3) is 11.7 Å². The summed E-state index contributed by atoms with van der Waals surface area (Å²) in [5, 5.41) is 6.73. The van der Waals surface area contributed by atoms with Gasteiger partial charge in [-0.2, -0.15) is 4.98 Å². The number of anilines is 1. The maximum atomic E-state index is 11.9. The van der Waals surface area contributed by atoms with Crippen LogP contribution in [-0.4, -0.2) is 27.9 Å². The maximum absolute atomic E-state index is 11.9. The molecule has 8 heteroatoms. The van der Waals surface area contributed by atoms with E-state index in [-0.39, 0.29) is 5.57 Å². The molecule has 1 N–H and O–H groups in total. The Labute approximate surface area is 143 Å². The van der Waals surface area contributed by atoms with Crippen molar-refractivity contribution in [3.8, 4) is 11.5 Å². The molecular formula is C17H17N3O5. The van der Waals surface area contributed by atoms with Crippen LogP contribution in [-0.2, 0) is 25.5 Å². The smallest absolute Gasteiger partial charge is 0.350 e. The van der Waals surface area contributed by atoms with Crippen LogP contribution in [0.2, 0.25) is 0 Å². The number of benzene rings is 1. The largest absolute Gasteiger partial charge is 0.419 e. The van der Waals surface area contributed by atoms with Gasteiger partial charge in [-0.25, -0.2) is 9.59 Å². The molecule has 0 amide bonds. The normalized spacial score (nSPS) is 16.2.